The maximum atomic E-state index is 13.1. The number of halogens is 1. The zero-order chi connectivity index (χ0) is 13.9. The van der Waals surface area contributed by atoms with E-state index in [4.69, 9.17) is 5.11 Å². The van der Waals surface area contributed by atoms with Crippen LogP contribution in [0.1, 0.15) is 23.7 Å². The first kappa shape index (κ1) is 14.6. The van der Waals surface area contributed by atoms with Crippen LogP contribution in [0.25, 0.3) is 0 Å². The average Bonchev–Trinajstić information content (AvgIpc) is 2.28. The molecule has 0 saturated heterocycles. The standard InChI is InChI=1S/C11H14FNO4S/c1-3-6-13(2)18(16,17)10-7-8(12)4-5-9(10)11(14)15/h4-5,7H,3,6H2,1-2H3,(H,14,15). The summed E-state index contributed by atoms with van der Waals surface area (Å²) in [7, 11) is -2.66. The largest absolute Gasteiger partial charge is 0.478 e. The SMILES string of the molecule is CCCN(C)S(=O)(=O)c1cc(F)ccc1C(=O)O. The predicted molar refractivity (Wildman–Crippen MR) is 63.5 cm³/mol. The summed E-state index contributed by atoms with van der Waals surface area (Å²) in [5, 5.41) is 8.93. The van der Waals surface area contributed by atoms with Crippen molar-refractivity contribution in [3.8, 4) is 0 Å². The van der Waals surface area contributed by atoms with E-state index in [-0.39, 0.29) is 6.54 Å². The third-order valence-corrected chi connectivity index (χ3v) is 4.30. The van der Waals surface area contributed by atoms with Gasteiger partial charge in [-0.25, -0.2) is 21.9 Å². The van der Waals surface area contributed by atoms with Gasteiger partial charge in [0, 0.05) is 13.6 Å². The summed E-state index contributed by atoms with van der Waals surface area (Å²) in [5.74, 6) is -2.19. The first-order valence-corrected chi connectivity index (χ1v) is 6.74. The number of aromatic carboxylic acids is 1. The number of nitrogens with zero attached hydrogens (tertiary/aromatic N) is 1. The Morgan fingerprint density at radius 3 is 2.56 bits per heavy atom. The van der Waals surface area contributed by atoms with Crippen molar-refractivity contribution in [2.45, 2.75) is 18.2 Å². The second kappa shape index (κ2) is 5.45. The van der Waals surface area contributed by atoms with Gasteiger partial charge in [0.05, 0.1) is 10.5 Å². The number of rotatable bonds is 5. The Balaban J connectivity index is 3.39. The smallest absolute Gasteiger partial charge is 0.337 e. The fourth-order valence-corrected chi connectivity index (χ4v) is 2.94. The van der Waals surface area contributed by atoms with Gasteiger partial charge in [-0.3, -0.25) is 0 Å². The Morgan fingerprint density at radius 1 is 1.44 bits per heavy atom. The van der Waals surface area contributed by atoms with Crippen LogP contribution in [-0.2, 0) is 10.0 Å². The topological polar surface area (TPSA) is 74.7 Å². The minimum absolute atomic E-state index is 0.234. The molecule has 0 spiro atoms. The molecule has 0 unspecified atom stereocenters. The predicted octanol–water partition coefficient (Wildman–Crippen LogP) is 1.55. The van der Waals surface area contributed by atoms with Crippen LogP contribution in [-0.4, -0.2) is 37.4 Å². The molecule has 0 radical (unpaired) electrons. The summed E-state index contributed by atoms with van der Waals surface area (Å²) in [5.41, 5.74) is -0.431. The molecule has 7 heteroatoms. The van der Waals surface area contributed by atoms with E-state index in [0.717, 1.165) is 22.5 Å². The number of benzene rings is 1. The third-order valence-electron chi connectivity index (χ3n) is 2.40. The highest BCUT2D eigenvalue weighted by molar-refractivity contribution is 7.89. The molecular formula is C11H14FNO4S. The van der Waals surface area contributed by atoms with E-state index in [9.17, 15) is 17.6 Å². The summed E-state index contributed by atoms with van der Waals surface area (Å²) in [6.07, 6.45) is 0.577. The van der Waals surface area contributed by atoms with Crippen LogP contribution >= 0.6 is 0 Å². The molecule has 1 rings (SSSR count). The van der Waals surface area contributed by atoms with Crippen LogP contribution in [0.5, 0.6) is 0 Å². The molecule has 0 aliphatic rings. The average molecular weight is 275 g/mol. The molecule has 0 aromatic heterocycles. The summed E-state index contributed by atoms with van der Waals surface area (Å²) >= 11 is 0. The summed E-state index contributed by atoms with van der Waals surface area (Å²) in [4.78, 5) is 10.4. The molecule has 1 aromatic rings. The van der Waals surface area contributed by atoms with Crippen LogP contribution < -0.4 is 0 Å². The van der Waals surface area contributed by atoms with Gasteiger partial charge >= 0.3 is 5.97 Å². The number of carboxylic acid groups (broad SMARTS) is 1. The summed E-state index contributed by atoms with van der Waals surface area (Å²) < 4.78 is 38.3. The lowest BCUT2D eigenvalue weighted by Gasteiger charge is -2.17. The fourth-order valence-electron chi connectivity index (χ4n) is 1.49. The lowest BCUT2D eigenvalue weighted by molar-refractivity contribution is 0.0692. The molecule has 100 valence electrons. The Hall–Kier alpha value is -1.47. The number of carbonyl (C=O) groups is 1. The van der Waals surface area contributed by atoms with Crippen molar-refractivity contribution >= 4 is 16.0 Å². The van der Waals surface area contributed by atoms with Gasteiger partial charge in [-0.2, -0.15) is 0 Å². The van der Waals surface area contributed by atoms with Gasteiger partial charge in [0.2, 0.25) is 10.0 Å². The van der Waals surface area contributed by atoms with Crippen molar-refractivity contribution in [1.29, 1.82) is 0 Å². The fraction of sp³-hybridized carbons (Fsp3) is 0.364. The van der Waals surface area contributed by atoms with Crippen molar-refractivity contribution in [3.05, 3.63) is 29.6 Å². The molecule has 0 bridgehead atoms. The molecule has 0 heterocycles. The van der Waals surface area contributed by atoms with E-state index in [2.05, 4.69) is 0 Å². The maximum absolute atomic E-state index is 13.1. The lowest BCUT2D eigenvalue weighted by atomic mass is 10.2. The molecule has 0 amide bonds. The van der Waals surface area contributed by atoms with Gasteiger partial charge in [0.1, 0.15) is 5.82 Å². The zero-order valence-corrected chi connectivity index (χ0v) is 10.9. The molecule has 0 aliphatic heterocycles. The normalized spacial score (nSPS) is 11.8. The van der Waals surface area contributed by atoms with Crippen LogP contribution in [0.2, 0.25) is 0 Å². The van der Waals surface area contributed by atoms with Gasteiger partial charge < -0.3 is 5.11 Å². The molecule has 0 aliphatic carbocycles. The minimum atomic E-state index is -3.99. The number of hydrogen-bond donors (Lipinski definition) is 1. The van der Waals surface area contributed by atoms with E-state index < -0.39 is 32.3 Å². The van der Waals surface area contributed by atoms with E-state index in [1.807, 2.05) is 0 Å². The van der Waals surface area contributed by atoms with Crippen LogP contribution in [0.4, 0.5) is 4.39 Å². The highest BCUT2D eigenvalue weighted by Crippen LogP contribution is 2.21. The van der Waals surface area contributed by atoms with E-state index >= 15 is 0 Å². The van der Waals surface area contributed by atoms with E-state index in [1.165, 1.54) is 7.05 Å². The van der Waals surface area contributed by atoms with Gasteiger partial charge in [0.25, 0.3) is 0 Å². The second-order valence-electron chi connectivity index (χ2n) is 3.77. The van der Waals surface area contributed by atoms with Gasteiger partial charge in [0.15, 0.2) is 0 Å². The first-order valence-electron chi connectivity index (χ1n) is 5.30. The summed E-state index contributed by atoms with van der Waals surface area (Å²) in [6.45, 7) is 2.02. The van der Waals surface area contributed by atoms with Crippen molar-refractivity contribution in [2.75, 3.05) is 13.6 Å². The van der Waals surface area contributed by atoms with Crippen molar-refractivity contribution in [3.63, 3.8) is 0 Å². The molecule has 0 saturated carbocycles. The molecule has 1 N–H and O–H groups in total. The Labute approximate surface area is 105 Å². The summed E-state index contributed by atoms with van der Waals surface area (Å²) in [6, 6.07) is 2.59. The number of hydrogen-bond acceptors (Lipinski definition) is 3. The lowest BCUT2D eigenvalue weighted by Crippen LogP contribution is -2.29. The van der Waals surface area contributed by atoms with Crippen molar-refractivity contribution in [2.24, 2.45) is 0 Å². The van der Waals surface area contributed by atoms with Gasteiger partial charge in [-0.15, -0.1) is 0 Å². The third kappa shape index (κ3) is 2.85. The molecule has 0 atom stereocenters. The van der Waals surface area contributed by atoms with Crippen molar-refractivity contribution < 1.29 is 22.7 Å². The quantitative estimate of drug-likeness (QED) is 0.884. The minimum Gasteiger partial charge on any atom is -0.478 e. The highest BCUT2D eigenvalue weighted by Gasteiger charge is 2.26. The second-order valence-corrected chi connectivity index (χ2v) is 5.79. The Kier molecular flexibility index (Phi) is 4.42. The van der Waals surface area contributed by atoms with Crippen molar-refractivity contribution in [1.82, 2.24) is 4.31 Å². The number of carboxylic acids is 1. The molecule has 0 fully saturated rings. The van der Waals surface area contributed by atoms with Gasteiger partial charge in [-0.1, -0.05) is 6.92 Å². The van der Waals surface area contributed by atoms with Crippen LogP contribution in [0, 0.1) is 5.82 Å². The number of sulfonamides is 1. The molecule has 1 aromatic carbocycles. The molecular weight excluding hydrogens is 261 g/mol. The molecule has 18 heavy (non-hydrogen) atoms. The maximum Gasteiger partial charge on any atom is 0.337 e. The van der Waals surface area contributed by atoms with Crippen LogP contribution in [0.15, 0.2) is 23.1 Å². The van der Waals surface area contributed by atoms with Crippen LogP contribution in [0.3, 0.4) is 0 Å². The zero-order valence-electron chi connectivity index (χ0n) is 10.1. The van der Waals surface area contributed by atoms with Gasteiger partial charge in [-0.05, 0) is 24.6 Å². The highest BCUT2D eigenvalue weighted by atomic mass is 32.2. The molecule has 5 nitrogen and oxygen atoms in total. The first-order chi connectivity index (χ1) is 8.30. The van der Waals surface area contributed by atoms with E-state index in [0.29, 0.717) is 6.42 Å². The monoisotopic (exact) mass is 275 g/mol. The Bertz CT molecular complexity index is 556. The van der Waals surface area contributed by atoms with E-state index in [1.54, 1.807) is 6.92 Å². The Morgan fingerprint density at radius 2 is 2.06 bits per heavy atom.